The van der Waals surface area contributed by atoms with Crippen LogP contribution < -0.4 is 5.32 Å². The summed E-state index contributed by atoms with van der Waals surface area (Å²) in [6.45, 7) is 7.21. The van der Waals surface area contributed by atoms with Gasteiger partial charge in [-0.3, -0.25) is 0 Å². The molecule has 0 radical (unpaired) electrons. The lowest BCUT2D eigenvalue weighted by atomic mass is 9.45. The Morgan fingerprint density at radius 1 is 1.26 bits per heavy atom. The first kappa shape index (κ1) is 12.5. The number of nitrogens with one attached hydrogen (secondary N) is 1. The molecule has 1 aromatic carbocycles. The molecule has 0 spiro atoms. The van der Waals surface area contributed by atoms with Crippen LogP contribution in [0.5, 0.6) is 0 Å². The third-order valence-electron chi connectivity index (χ3n) is 5.74. The van der Waals surface area contributed by atoms with Crippen molar-refractivity contribution in [2.75, 3.05) is 5.32 Å². The van der Waals surface area contributed by atoms with Gasteiger partial charge in [0.2, 0.25) is 0 Å². The number of nitrogens with zero attached hydrogens (tertiary/aromatic N) is 1. The van der Waals surface area contributed by atoms with Crippen molar-refractivity contribution in [1.29, 1.82) is 5.26 Å². The summed E-state index contributed by atoms with van der Waals surface area (Å²) in [7, 11) is 0. The molecule has 2 bridgehead atoms. The molecule has 100 valence electrons. The molecule has 1 aromatic rings. The summed E-state index contributed by atoms with van der Waals surface area (Å²) < 4.78 is 0. The van der Waals surface area contributed by atoms with Crippen molar-refractivity contribution in [1.82, 2.24) is 0 Å². The highest BCUT2D eigenvalue weighted by Gasteiger charge is 2.56. The van der Waals surface area contributed by atoms with Crippen LogP contribution in [0.15, 0.2) is 24.3 Å². The Morgan fingerprint density at radius 3 is 2.63 bits per heavy atom. The first-order chi connectivity index (χ1) is 9.04. The molecule has 4 atom stereocenters. The van der Waals surface area contributed by atoms with Crippen molar-refractivity contribution in [3.05, 3.63) is 29.8 Å². The van der Waals surface area contributed by atoms with Gasteiger partial charge in [-0.2, -0.15) is 5.26 Å². The topological polar surface area (TPSA) is 35.8 Å². The minimum absolute atomic E-state index is 0.520. The minimum atomic E-state index is 0.520. The van der Waals surface area contributed by atoms with Crippen LogP contribution in [0.3, 0.4) is 0 Å². The Balaban J connectivity index is 1.77. The summed E-state index contributed by atoms with van der Waals surface area (Å²) in [4.78, 5) is 0. The van der Waals surface area contributed by atoms with Gasteiger partial charge in [0, 0.05) is 6.04 Å². The maximum absolute atomic E-state index is 9.17. The van der Waals surface area contributed by atoms with Gasteiger partial charge < -0.3 is 5.32 Å². The molecule has 2 nitrogen and oxygen atoms in total. The van der Waals surface area contributed by atoms with E-state index in [-0.39, 0.29) is 0 Å². The van der Waals surface area contributed by atoms with Crippen molar-refractivity contribution in [2.24, 2.45) is 23.2 Å². The maximum atomic E-state index is 9.17. The molecule has 3 fully saturated rings. The molecule has 0 heterocycles. The Morgan fingerprint density at radius 2 is 2.00 bits per heavy atom. The number of hydrogen-bond acceptors (Lipinski definition) is 2. The van der Waals surface area contributed by atoms with Crippen molar-refractivity contribution >= 4 is 5.69 Å². The number of fused-ring (bicyclic) bond motifs is 2. The van der Waals surface area contributed by atoms with E-state index in [1.807, 2.05) is 24.3 Å². The van der Waals surface area contributed by atoms with Crippen LogP contribution in [-0.2, 0) is 0 Å². The maximum Gasteiger partial charge on any atom is 0.101 e. The third kappa shape index (κ3) is 1.84. The van der Waals surface area contributed by atoms with Gasteiger partial charge in [-0.15, -0.1) is 0 Å². The molecule has 19 heavy (non-hydrogen) atoms. The van der Waals surface area contributed by atoms with Gasteiger partial charge in [0.25, 0.3) is 0 Å². The van der Waals surface area contributed by atoms with Crippen molar-refractivity contribution < 1.29 is 0 Å². The van der Waals surface area contributed by atoms with Crippen LogP contribution in [0.1, 0.15) is 39.2 Å². The van der Waals surface area contributed by atoms with Gasteiger partial charge in [-0.05, 0) is 48.1 Å². The Kier molecular flexibility index (Phi) is 2.82. The molecular weight excluding hydrogens is 232 g/mol. The zero-order valence-corrected chi connectivity index (χ0v) is 12.0. The van der Waals surface area contributed by atoms with E-state index in [4.69, 9.17) is 5.26 Å². The molecule has 0 aromatic heterocycles. The monoisotopic (exact) mass is 254 g/mol. The average molecular weight is 254 g/mol. The number of hydrogen-bond donors (Lipinski definition) is 1. The predicted octanol–water partition coefficient (Wildman–Crippen LogP) is 4.04. The zero-order valence-electron chi connectivity index (χ0n) is 12.0. The molecule has 0 saturated heterocycles. The van der Waals surface area contributed by atoms with Crippen molar-refractivity contribution in [2.45, 2.75) is 39.7 Å². The lowest BCUT2D eigenvalue weighted by Gasteiger charge is -2.62. The van der Waals surface area contributed by atoms with E-state index in [9.17, 15) is 0 Å². The summed E-state index contributed by atoms with van der Waals surface area (Å²) in [5, 5.41) is 12.8. The zero-order chi connectivity index (χ0) is 13.6. The normalized spacial score (nSPS) is 35.1. The fourth-order valence-corrected chi connectivity index (χ4v) is 4.25. The number of benzene rings is 1. The van der Waals surface area contributed by atoms with Crippen LogP contribution in [0, 0.1) is 34.5 Å². The van der Waals surface area contributed by atoms with E-state index in [1.54, 1.807) is 0 Å². The van der Waals surface area contributed by atoms with Gasteiger partial charge >= 0.3 is 0 Å². The molecule has 3 aliphatic rings. The van der Waals surface area contributed by atoms with Gasteiger partial charge in [0.1, 0.15) is 6.07 Å². The Hall–Kier alpha value is -1.49. The molecule has 3 aliphatic carbocycles. The SMILES string of the molecule is C[C@@H]1[C@@H](Nc2ccccc2C#N)C[C@@H]2C[C@H]1C2(C)C. The van der Waals surface area contributed by atoms with E-state index in [1.165, 1.54) is 12.8 Å². The van der Waals surface area contributed by atoms with Crippen LogP contribution in [0.2, 0.25) is 0 Å². The third-order valence-corrected chi connectivity index (χ3v) is 5.74. The molecule has 4 rings (SSSR count). The average Bonchev–Trinajstić information content (AvgIpc) is 2.41. The number of rotatable bonds is 2. The van der Waals surface area contributed by atoms with Gasteiger partial charge in [0.05, 0.1) is 11.3 Å². The van der Waals surface area contributed by atoms with E-state index in [0.29, 0.717) is 17.4 Å². The van der Waals surface area contributed by atoms with Gasteiger partial charge in [-0.1, -0.05) is 32.9 Å². The molecule has 3 saturated carbocycles. The highest BCUT2D eigenvalue weighted by atomic mass is 14.9. The molecule has 2 heteroatoms. The van der Waals surface area contributed by atoms with E-state index in [2.05, 4.69) is 32.2 Å². The summed E-state index contributed by atoms with van der Waals surface area (Å²) in [6.07, 6.45) is 2.64. The molecule has 0 unspecified atom stereocenters. The standard InChI is InChI=1S/C17H22N2/c1-11-14-8-13(17(14,2)3)9-16(11)19-15-7-5-4-6-12(15)10-18/h4-7,11,13-14,16,19H,8-9H2,1-3H3/t11-,13-,14+,16-/m0/s1. The fourth-order valence-electron chi connectivity index (χ4n) is 4.25. The van der Waals surface area contributed by atoms with Crippen molar-refractivity contribution in [3.63, 3.8) is 0 Å². The Labute approximate surface area is 115 Å². The highest BCUT2D eigenvalue weighted by molar-refractivity contribution is 5.57. The second kappa shape index (κ2) is 4.27. The number of anilines is 1. The van der Waals surface area contributed by atoms with E-state index < -0.39 is 0 Å². The van der Waals surface area contributed by atoms with Crippen LogP contribution in [-0.4, -0.2) is 6.04 Å². The smallest absolute Gasteiger partial charge is 0.101 e. The minimum Gasteiger partial charge on any atom is -0.381 e. The van der Waals surface area contributed by atoms with Crippen LogP contribution in [0.25, 0.3) is 0 Å². The summed E-state index contributed by atoms with van der Waals surface area (Å²) in [5.74, 6) is 2.37. The first-order valence-electron chi connectivity index (χ1n) is 7.29. The lowest BCUT2D eigenvalue weighted by Crippen LogP contribution is -2.58. The molecular formula is C17H22N2. The largest absolute Gasteiger partial charge is 0.381 e. The fraction of sp³-hybridized carbons (Fsp3) is 0.588. The number of para-hydroxylation sites is 1. The second-order valence-corrected chi connectivity index (χ2v) is 6.86. The highest BCUT2D eigenvalue weighted by Crippen LogP contribution is 2.61. The number of nitriles is 1. The summed E-state index contributed by atoms with van der Waals surface area (Å²) in [6, 6.07) is 10.6. The molecule has 1 N–H and O–H groups in total. The second-order valence-electron chi connectivity index (χ2n) is 6.86. The summed E-state index contributed by atoms with van der Waals surface area (Å²) in [5.41, 5.74) is 2.28. The first-order valence-corrected chi connectivity index (χ1v) is 7.29. The van der Waals surface area contributed by atoms with E-state index in [0.717, 1.165) is 23.1 Å². The van der Waals surface area contributed by atoms with Crippen LogP contribution in [0.4, 0.5) is 5.69 Å². The van der Waals surface area contributed by atoms with Gasteiger partial charge in [0.15, 0.2) is 0 Å². The molecule has 0 amide bonds. The quantitative estimate of drug-likeness (QED) is 0.864. The van der Waals surface area contributed by atoms with E-state index >= 15 is 0 Å². The molecule has 0 aliphatic heterocycles. The van der Waals surface area contributed by atoms with Crippen LogP contribution >= 0.6 is 0 Å². The van der Waals surface area contributed by atoms with Crippen molar-refractivity contribution in [3.8, 4) is 6.07 Å². The summed E-state index contributed by atoms with van der Waals surface area (Å²) >= 11 is 0. The Bertz CT molecular complexity index is 526. The lowest BCUT2D eigenvalue weighted by molar-refractivity contribution is -0.105. The predicted molar refractivity (Wildman–Crippen MR) is 77.7 cm³/mol. The van der Waals surface area contributed by atoms with Gasteiger partial charge in [-0.25, -0.2) is 0 Å².